The van der Waals surface area contributed by atoms with Crippen LogP contribution in [0.3, 0.4) is 0 Å². The molecule has 1 aromatic carbocycles. The zero-order valence-corrected chi connectivity index (χ0v) is 10.3. The maximum Gasteiger partial charge on any atom is 0.335 e. The van der Waals surface area contributed by atoms with E-state index in [1.807, 2.05) is 0 Å². The van der Waals surface area contributed by atoms with Crippen LogP contribution in [0.4, 0.5) is 0 Å². The molecule has 0 aliphatic rings. The molecular weight excluding hydrogens is 244 g/mol. The number of nitrogens with one attached hydrogen (secondary N) is 1. The van der Waals surface area contributed by atoms with Crippen molar-refractivity contribution in [1.82, 2.24) is 9.97 Å². The summed E-state index contributed by atoms with van der Waals surface area (Å²) in [4.78, 5) is 28.8. The van der Waals surface area contributed by atoms with Gasteiger partial charge in [0.1, 0.15) is 5.82 Å². The van der Waals surface area contributed by atoms with Gasteiger partial charge in [-0.15, -0.1) is 0 Å². The van der Waals surface area contributed by atoms with Crippen LogP contribution in [0.5, 0.6) is 0 Å². The number of hydrogen-bond acceptors (Lipinski definition) is 3. The predicted molar refractivity (Wildman–Crippen MR) is 71.9 cm³/mol. The van der Waals surface area contributed by atoms with E-state index in [-0.39, 0.29) is 11.1 Å². The maximum atomic E-state index is 11.3. The Hall–Kier alpha value is -2.69. The lowest BCUT2D eigenvalue weighted by molar-refractivity contribution is 0.0697. The highest BCUT2D eigenvalue weighted by Gasteiger charge is 2.01. The summed E-state index contributed by atoms with van der Waals surface area (Å²) in [5.41, 5.74) is 1.35. The van der Waals surface area contributed by atoms with Gasteiger partial charge in [-0.1, -0.05) is 18.2 Å². The summed E-state index contributed by atoms with van der Waals surface area (Å²) in [6.07, 6.45) is 3.33. The molecule has 0 amide bonds. The second-order valence-corrected chi connectivity index (χ2v) is 4.04. The minimum Gasteiger partial charge on any atom is -0.478 e. The van der Waals surface area contributed by atoms with Crippen LogP contribution in [0, 0.1) is 6.92 Å². The average molecular weight is 256 g/mol. The van der Waals surface area contributed by atoms with E-state index in [4.69, 9.17) is 5.11 Å². The first kappa shape index (κ1) is 12.8. The Bertz CT molecular complexity index is 702. The smallest absolute Gasteiger partial charge is 0.335 e. The van der Waals surface area contributed by atoms with E-state index in [0.717, 1.165) is 5.56 Å². The first-order chi connectivity index (χ1) is 9.04. The van der Waals surface area contributed by atoms with E-state index in [1.165, 1.54) is 12.1 Å². The van der Waals surface area contributed by atoms with Gasteiger partial charge in [0.25, 0.3) is 5.56 Å². The summed E-state index contributed by atoms with van der Waals surface area (Å²) in [7, 11) is 0. The van der Waals surface area contributed by atoms with Gasteiger partial charge in [-0.05, 0) is 30.7 Å². The molecule has 19 heavy (non-hydrogen) atoms. The first-order valence-electron chi connectivity index (χ1n) is 5.64. The van der Waals surface area contributed by atoms with Crippen molar-refractivity contribution in [2.75, 3.05) is 0 Å². The molecule has 0 saturated carbocycles. The average Bonchev–Trinajstić information content (AvgIpc) is 2.35. The van der Waals surface area contributed by atoms with Gasteiger partial charge in [-0.3, -0.25) is 4.79 Å². The molecule has 0 aliphatic carbocycles. The van der Waals surface area contributed by atoms with Gasteiger partial charge in [0, 0.05) is 11.8 Å². The number of carbonyl (C=O) groups is 1. The standard InChI is InChI=1S/C14H12N2O3/c1-9-7-13(17)16-12(15-9)6-5-10-3-2-4-11(8-10)14(18)19/h2-8H,1H3,(H,18,19)(H,15,16,17)/b6-5+. The fourth-order valence-electron chi connectivity index (χ4n) is 1.63. The van der Waals surface area contributed by atoms with E-state index < -0.39 is 5.97 Å². The molecule has 2 aromatic rings. The fourth-order valence-corrected chi connectivity index (χ4v) is 1.63. The van der Waals surface area contributed by atoms with Crippen LogP contribution in [0.25, 0.3) is 12.2 Å². The van der Waals surface area contributed by atoms with Crippen LogP contribution >= 0.6 is 0 Å². The molecular formula is C14H12N2O3. The zero-order chi connectivity index (χ0) is 13.8. The van der Waals surface area contributed by atoms with Gasteiger partial charge in [0.05, 0.1) is 5.56 Å². The molecule has 2 N–H and O–H groups in total. The van der Waals surface area contributed by atoms with Crippen LogP contribution in [0.2, 0.25) is 0 Å². The lowest BCUT2D eigenvalue weighted by Gasteiger charge is -1.98. The number of carboxylic acids is 1. The summed E-state index contributed by atoms with van der Waals surface area (Å²) in [6, 6.07) is 7.91. The predicted octanol–water partition coefficient (Wildman–Crippen LogP) is 1.95. The summed E-state index contributed by atoms with van der Waals surface area (Å²) >= 11 is 0. The number of aromatic nitrogens is 2. The molecule has 0 aliphatic heterocycles. The highest BCUT2D eigenvalue weighted by atomic mass is 16.4. The minimum atomic E-state index is -0.975. The monoisotopic (exact) mass is 256 g/mol. The van der Waals surface area contributed by atoms with E-state index in [9.17, 15) is 9.59 Å². The van der Waals surface area contributed by atoms with Gasteiger partial charge in [0.2, 0.25) is 0 Å². The van der Waals surface area contributed by atoms with Gasteiger partial charge in [0.15, 0.2) is 0 Å². The van der Waals surface area contributed by atoms with E-state index >= 15 is 0 Å². The molecule has 5 heteroatoms. The highest BCUT2D eigenvalue weighted by Crippen LogP contribution is 2.08. The van der Waals surface area contributed by atoms with Crippen molar-refractivity contribution in [3.63, 3.8) is 0 Å². The van der Waals surface area contributed by atoms with Crippen molar-refractivity contribution in [3.05, 3.63) is 63.3 Å². The Kier molecular flexibility index (Phi) is 3.56. The third kappa shape index (κ3) is 3.38. The SMILES string of the molecule is Cc1cc(=O)[nH]c(/C=C/c2cccc(C(=O)O)c2)n1. The Morgan fingerprint density at radius 3 is 2.79 bits per heavy atom. The number of aromatic amines is 1. The summed E-state index contributed by atoms with van der Waals surface area (Å²) < 4.78 is 0. The van der Waals surface area contributed by atoms with Crippen molar-refractivity contribution in [2.45, 2.75) is 6.92 Å². The molecule has 1 heterocycles. The molecule has 0 spiro atoms. The minimum absolute atomic E-state index is 0.216. The maximum absolute atomic E-state index is 11.3. The molecule has 0 radical (unpaired) electrons. The first-order valence-corrected chi connectivity index (χ1v) is 5.64. The molecule has 0 unspecified atom stereocenters. The largest absolute Gasteiger partial charge is 0.478 e. The number of aromatic carboxylic acids is 1. The van der Waals surface area contributed by atoms with Crippen LogP contribution in [-0.2, 0) is 0 Å². The summed E-state index contributed by atoms with van der Waals surface area (Å²) in [5, 5.41) is 8.88. The number of carboxylic acid groups (broad SMARTS) is 1. The van der Waals surface area contributed by atoms with Gasteiger partial charge in [-0.25, -0.2) is 9.78 Å². The van der Waals surface area contributed by atoms with Crippen LogP contribution in [0.1, 0.15) is 27.4 Å². The third-order valence-electron chi connectivity index (χ3n) is 2.46. The number of aryl methyl sites for hydroxylation is 1. The number of H-pyrrole nitrogens is 1. The molecule has 1 aromatic heterocycles. The Balaban J connectivity index is 2.29. The quantitative estimate of drug-likeness (QED) is 0.879. The van der Waals surface area contributed by atoms with Crippen molar-refractivity contribution in [1.29, 1.82) is 0 Å². The molecule has 0 fully saturated rings. The van der Waals surface area contributed by atoms with Crippen LogP contribution < -0.4 is 5.56 Å². The lowest BCUT2D eigenvalue weighted by atomic mass is 10.1. The zero-order valence-electron chi connectivity index (χ0n) is 10.3. The Morgan fingerprint density at radius 2 is 2.11 bits per heavy atom. The molecule has 0 saturated heterocycles. The van der Waals surface area contributed by atoms with Crippen LogP contribution in [-0.4, -0.2) is 21.0 Å². The van der Waals surface area contributed by atoms with Crippen LogP contribution in [0.15, 0.2) is 35.1 Å². The fraction of sp³-hybridized carbons (Fsp3) is 0.0714. The third-order valence-corrected chi connectivity index (χ3v) is 2.46. The van der Waals surface area contributed by atoms with Gasteiger partial charge in [-0.2, -0.15) is 0 Å². The normalized spacial score (nSPS) is 10.8. The van der Waals surface area contributed by atoms with E-state index in [1.54, 1.807) is 37.3 Å². The second kappa shape index (κ2) is 5.30. The molecule has 96 valence electrons. The Morgan fingerprint density at radius 1 is 1.32 bits per heavy atom. The van der Waals surface area contributed by atoms with Crippen molar-refractivity contribution in [2.24, 2.45) is 0 Å². The Labute approximate surface area is 109 Å². The number of benzene rings is 1. The molecule has 5 nitrogen and oxygen atoms in total. The summed E-state index contributed by atoms with van der Waals surface area (Å²) in [6.45, 7) is 1.73. The summed E-state index contributed by atoms with van der Waals surface area (Å²) in [5.74, 6) is -0.539. The lowest BCUT2D eigenvalue weighted by Crippen LogP contribution is -2.08. The molecule has 0 atom stereocenters. The number of hydrogen-bond donors (Lipinski definition) is 2. The molecule has 0 bridgehead atoms. The van der Waals surface area contributed by atoms with E-state index in [2.05, 4.69) is 9.97 Å². The number of rotatable bonds is 3. The topological polar surface area (TPSA) is 83.0 Å². The van der Waals surface area contributed by atoms with Gasteiger partial charge < -0.3 is 10.1 Å². The van der Waals surface area contributed by atoms with Gasteiger partial charge >= 0.3 is 5.97 Å². The van der Waals surface area contributed by atoms with Crippen molar-refractivity contribution in [3.8, 4) is 0 Å². The highest BCUT2D eigenvalue weighted by molar-refractivity contribution is 5.88. The molecule has 2 rings (SSSR count). The van der Waals surface area contributed by atoms with Crippen molar-refractivity contribution >= 4 is 18.1 Å². The second-order valence-electron chi connectivity index (χ2n) is 4.04. The van der Waals surface area contributed by atoms with E-state index in [0.29, 0.717) is 11.5 Å². The number of nitrogens with zero attached hydrogens (tertiary/aromatic N) is 1. The van der Waals surface area contributed by atoms with Crippen molar-refractivity contribution < 1.29 is 9.90 Å².